The lowest BCUT2D eigenvalue weighted by atomic mass is 10.1. The van der Waals surface area contributed by atoms with E-state index in [1.54, 1.807) is 0 Å². The zero-order valence-electron chi connectivity index (χ0n) is 13.0. The van der Waals surface area contributed by atoms with E-state index in [-0.39, 0.29) is 0 Å². The summed E-state index contributed by atoms with van der Waals surface area (Å²) in [6, 6.07) is 7.11. The molecule has 0 fully saturated rings. The average Bonchev–Trinajstić information content (AvgIpc) is 2.93. The largest absolute Gasteiger partial charge is 0.454 e. The topological polar surface area (TPSA) is 33.7 Å². The minimum absolute atomic E-state index is 0.315. The first kappa shape index (κ1) is 15.1. The van der Waals surface area contributed by atoms with E-state index >= 15 is 0 Å². The number of hydrogen-bond acceptors (Lipinski definition) is 4. The van der Waals surface area contributed by atoms with Crippen molar-refractivity contribution >= 4 is 0 Å². The van der Waals surface area contributed by atoms with Gasteiger partial charge in [-0.1, -0.05) is 13.0 Å². The van der Waals surface area contributed by atoms with Crippen molar-refractivity contribution in [3.05, 3.63) is 23.8 Å². The van der Waals surface area contributed by atoms with Crippen molar-refractivity contribution in [2.24, 2.45) is 0 Å². The maximum absolute atomic E-state index is 5.42. The van der Waals surface area contributed by atoms with E-state index < -0.39 is 0 Å². The Morgan fingerprint density at radius 3 is 2.75 bits per heavy atom. The number of benzene rings is 1. The molecule has 0 saturated heterocycles. The van der Waals surface area contributed by atoms with Crippen molar-refractivity contribution in [1.82, 2.24) is 10.2 Å². The molecule has 0 spiro atoms. The lowest BCUT2D eigenvalue weighted by Gasteiger charge is -2.24. The molecular weight excluding hydrogens is 252 g/mol. The minimum atomic E-state index is 0.315. The molecule has 4 heteroatoms. The third-order valence-electron chi connectivity index (χ3n) is 4.15. The van der Waals surface area contributed by atoms with E-state index in [1.807, 2.05) is 6.07 Å². The van der Waals surface area contributed by atoms with Gasteiger partial charge < -0.3 is 19.7 Å². The Morgan fingerprint density at radius 1 is 1.25 bits per heavy atom. The Morgan fingerprint density at radius 2 is 2.00 bits per heavy atom. The molecule has 0 aromatic heterocycles. The molecule has 20 heavy (non-hydrogen) atoms. The second-order valence-corrected chi connectivity index (χ2v) is 5.53. The van der Waals surface area contributed by atoms with Gasteiger partial charge in [-0.2, -0.15) is 0 Å². The summed E-state index contributed by atoms with van der Waals surface area (Å²) in [5.41, 5.74) is 1.24. The molecule has 0 aliphatic carbocycles. The number of likely N-dealkylation sites (N-methyl/N-ethyl adjacent to an activating group) is 1. The first-order chi connectivity index (χ1) is 9.61. The standard InChI is InChI=1S/C16H26N2O2/c1-5-12(2)18(4)9-8-17-13(3)14-6-7-15-16(10-14)20-11-19-15/h6-7,10,12-13,17H,5,8-9,11H2,1-4H3. The monoisotopic (exact) mass is 278 g/mol. The SMILES string of the molecule is CCC(C)N(C)CCNC(C)c1ccc2c(c1)OCO2. The summed E-state index contributed by atoms with van der Waals surface area (Å²) in [6.45, 7) is 9.05. The van der Waals surface area contributed by atoms with Crippen LogP contribution in [0.1, 0.15) is 38.8 Å². The molecule has 1 aromatic carbocycles. The Bertz CT molecular complexity index is 436. The molecule has 2 unspecified atom stereocenters. The fourth-order valence-electron chi connectivity index (χ4n) is 2.29. The second-order valence-electron chi connectivity index (χ2n) is 5.53. The van der Waals surface area contributed by atoms with Crippen LogP contribution in [0.25, 0.3) is 0 Å². The number of hydrogen-bond donors (Lipinski definition) is 1. The minimum Gasteiger partial charge on any atom is -0.454 e. The molecule has 0 saturated carbocycles. The van der Waals surface area contributed by atoms with Crippen LogP contribution < -0.4 is 14.8 Å². The highest BCUT2D eigenvalue weighted by molar-refractivity contribution is 5.45. The summed E-state index contributed by atoms with van der Waals surface area (Å²) < 4.78 is 10.8. The van der Waals surface area contributed by atoms with Crippen LogP contribution in [-0.2, 0) is 0 Å². The van der Waals surface area contributed by atoms with E-state index in [4.69, 9.17) is 9.47 Å². The fourth-order valence-corrected chi connectivity index (χ4v) is 2.29. The molecule has 0 radical (unpaired) electrons. The van der Waals surface area contributed by atoms with E-state index in [1.165, 1.54) is 12.0 Å². The normalized spacial score (nSPS) is 16.4. The highest BCUT2D eigenvalue weighted by atomic mass is 16.7. The van der Waals surface area contributed by atoms with Crippen molar-refractivity contribution in [3.63, 3.8) is 0 Å². The first-order valence-corrected chi connectivity index (χ1v) is 7.45. The summed E-state index contributed by atoms with van der Waals surface area (Å²) in [4.78, 5) is 2.39. The zero-order chi connectivity index (χ0) is 14.5. The summed E-state index contributed by atoms with van der Waals surface area (Å²) in [7, 11) is 2.18. The van der Waals surface area contributed by atoms with E-state index in [2.05, 4.69) is 50.2 Å². The van der Waals surface area contributed by atoms with E-state index in [0.29, 0.717) is 18.9 Å². The highest BCUT2D eigenvalue weighted by Gasteiger charge is 2.15. The number of fused-ring (bicyclic) bond motifs is 1. The van der Waals surface area contributed by atoms with Crippen molar-refractivity contribution in [2.45, 2.75) is 39.3 Å². The predicted molar refractivity (Wildman–Crippen MR) is 81.4 cm³/mol. The predicted octanol–water partition coefficient (Wildman–Crippen LogP) is 2.80. The average molecular weight is 278 g/mol. The molecule has 2 rings (SSSR count). The van der Waals surface area contributed by atoms with Crippen molar-refractivity contribution < 1.29 is 9.47 Å². The molecular formula is C16H26N2O2. The zero-order valence-corrected chi connectivity index (χ0v) is 13.0. The summed E-state index contributed by atoms with van der Waals surface area (Å²) in [5.74, 6) is 1.70. The van der Waals surface area contributed by atoms with Crippen molar-refractivity contribution in [1.29, 1.82) is 0 Å². The summed E-state index contributed by atoms with van der Waals surface area (Å²) in [5, 5.41) is 3.56. The Kier molecular flexibility index (Phi) is 5.26. The molecule has 112 valence electrons. The van der Waals surface area contributed by atoms with Gasteiger partial charge in [-0.15, -0.1) is 0 Å². The fraction of sp³-hybridized carbons (Fsp3) is 0.625. The van der Waals surface area contributed by atoms with Crippen LogP contribution in [0, 0.1) is 0 Å². The van der Waals surface area contributed by atoms with Gasteiger partial charge in [-0.25, -0.2) is 0 Å². The third-order valence-corrected chi connectivity index (χ3v) is 4.15. The van der Waals surface area contributed by atoms with Crippen LogP contribution >= 0.6 is 0 Å². The molecule has 1 aliphatic rings. The quantitative estimate of drug-likeness (QED) is 0.831. The third kappa shape index (κ3) is 3.64. The van der Waals surface area contributed by atoms with Gasteiger partial charge in [0, 0.05) is 25.2 Å². The van der Waals surface area contributed by atoms with Crippen LogP contribution in [0.5, 0.6) is 11.5 Å². The van der Waals surface area contributed by atoms with E-state index in [9.17, 15) is 0 Å². The first-order valence-electron chi connectivity index (χ1n) is 7.45. The number of nitrogens with zero attached hydrogens (tertiary/aromatic N) is 1. The van der Waals surface area contributed by atoms with Gasteiger partial charge in [0.2, 0.25) is 6.79 Å². The molecule has 1 aromatic rings. The van der Waals surface area contributed by atoms with Crippen LogP contribution in [0.3, 0.4) is 0 Å². The van der Waals surface area contributed by atoms with Gasteiger partial charge in [-0.05, 0) is 45.0 Å². The van der Waals surface area contributed by atoms with Crippen LogP contribution in [-0.4, -0.2) is 37.9 Å². The molecule has 1 heterocycles. The molecule has 0 amide bonds. The van der Waals surface area contributed by atoms with Crippen molar-refractivity contribution in [3.8, 4) is 11.5 Å². The maximum Gasteiger partial charge on any atom is 0.231 e. The number of rotatable bonds is 7. The molecule has 2 atom stereocenters. The van der Waals surface area contributed by atoms with Crippen LogP contribution in [0.4, 0.5) is 0 Å². The number of nitrogens with one attached hydrogen (secondary N) is 1. The molecule has 1 N–H and O–H groups in total. The van der Waals surface area contributed by atoms with Gasteiger partial charge >= 0.3 is 0 Å². The van der Waals surface area contributed by atoms with Gasteiger partial charge in [0.05, 0.1) is 0 Å². The second kappa shape index (κ2) is 6.95. The molecule has 0 bridgehead atoms. The van der Waals surface area contributed by atoms with Gasteiger partial charge in [0.25, 0.3) is 0 Å². The smallest absolute Gasteiger partial charge is 0.231 e. The van der Waals surface area contributed by atoms with Gasteiger partial charge in [0.1, 0.15) is 0 Å². The van der Waals surface area contributed by atoms with E-state index in [0.717, 1.165) is 24.6 Å². The molecule has 1 aliphatic heterocycles. The van der Waals surface area contributed by atoms with Gasteiger partial charge in [-0.3, -0.25) is 0 Å². The summed E-state index contributed by atoms with van der Waals surface area (Å²) >= 11 is 0. The highest BCUT2D eigenvalue weighted by Crippen LogP contribution is 2.34. The summed E-state index contributed by atoms with van der Waals surface area (Å²) in [6.07, 6.45) is 1.19. The van der Waals surface area contributed by atoms with Crippen molar-refractivity contribution in [2.75, 3.05) is 26.9 Å². The van der Waals surface area contributed by atoms with Gasteiger partial charge in [0.15, 0.2) is 11.5 Å². The lowest BCUT2D eigenvalue weighted by Crippen LogP contribution is -2.35. The Hall–Kier alpha value is -1.26. The lowest BCUT2D eigenvalue weighted by molar-refractivity contribution is 0.174. The molecule has 4 nitrogen and oxygen atoms in total. The Labute approximate surface area is 122 Å². The maximum atomic E-state index is 5.42. The number of ether oxygens (including phenoxy) is 2. The Balaban J connectivity index is 1.81. The van der Waals surface area contributed by atoms with Crippen LogP contribution in [0.15, 0.2) is 18.2 Å². The van der Waals surface area contributed by atoms with Crippen LogP contribution in [0.2, 0.25) is 0 Å².